The van der Waals surface area contributed by atoms with E-state index in [2.05, 4.69) is 26.8 Å². The molecule has 0 saturated carbocycles. The number of sulfonamides is 1. The van der Waals surface area contributed by atoms with Crippen LogP contribution in [0, 0.1) is 16.7 Å². The summed E-state index contributed by atoms with van der Waals surface area (Å²) in [6.45, 7) is 10.3. The van der Waals surface area contributed by atoms with E-state index in [1.807, 2.05) is 11.8 Å². The maximum Gasteiger partial charge on any atom is 0.214 e. The minimum Gasteiger partial charge on any atom is -0.286 e. The lowest BCUT2D eigenvalue weighted by atomic mass is 9.94. The predicted octanol–water partition coefficient (Wildman–Crippen LogP) is 1.28. The third kappa shape index (κ3) is 5.09. The quantitative estimate of drug-likeness (QED) is 0.781. The monoisotopic (exact) mass is 287 g/mol. The normalized spacial score (nSPS) is 21.0. The number of nitrogens with zero attached hydrogens (tertiary/aromatic N) is 3. The lowest BCUT2D eigenvalue weighted by molar-refractivity contribution is 0.169. The maximum atomic E-state index is 12.2. The molecular formula is C13H25N3O2S. The highest BCUT2D eigenvalue weighted by Gasteiger charge is 2.29. The number of rotatable bonds is 4. The number of piperazine rings is 1. The van der Waals surface area contributed by atoms with Crippen LogP contribution < -0.4 is 0 Å². The van der Waals surface area contributed by atoms with Gasteiger partial charge in [-0.3, -0.25) is 4.90 Å². The zero-order valence-electron chi connectivity index (χ0n) is 12.4. The Morgan fingerprint density at radius 3 is 2.16 bits per heavy atom. The molecule has 0 aromatic rings. The zero-order chi connectivity index (χ0) is 14.7. The molecule has 1 aliphatic heterocycles. The minimum atomic E-state index is -3.15. The Morgan fingerprint density at radius 2 is 1.74 bits per heavy atom. The second kappa shape index (κ2) is 6.21. The van der Waals surface area contributed by atoms with Crippen molar-refractivity contribution < 1.29 is 8.42 Å². The van der Waals surface area contributed by atoms with Crippen LogP contribution in [0.15, 0.2) is 0 Å². The molecule has 0 aromatic heterocycles. The first-order valence-corrected chi connectivity index (χ1v) is 8.38. The second-order valence-corrected chi connectivity index (χ2v) is 8.46. The van der Waals surface area contributed by atoms with Crippen LogP contribution >= 0.6 is 0 Å². The molecule has 0 bridgehead atoms. The number of hydrogen-bond donors (Lipinski definition) is 0. The molecule has 1 unspecified atom stereocenters. The largest absolute Gasteiger partial charge is 0.286 e. The van der Waals surface area contributed by atoms with Gasteiger partial charge in [0.05, 0.1) is 17.9 Å². The molecule has 0 N–H and O–H groups in total. The summed E-state index contributed by atoms with van der Waals surface area (Å²) in [6.07, 6.45) is 0.671. The summed E-state index contributed by atoms with van der Waals surface area (Å²) in [4.78, 5) is 2.02. The third-order valence-corrected chi connectivity index (χ3v) is 5.38. The summed E-state index contributed by atoms with van der Waals surface area (Å²) >= 11 is 0. The van der Waals surface area contributed by atoms with Gasteiger partial charge in [-0.05, 0) is 18.8 Å². The Kier molecular flexibility index (Phi) is 5.36. The van der Waals surface area contributed by atoms with Crippen LogP contribution in [-0.4, -0.2) is 55.6 Å². The molecule has 5 nitrogen and oxygen atoms in total. The van der Waals surface area contributed by atoms with Crippen LogP contribution in [0.4, 0.5) is 0 Å². The molecular weight excluding hydrogens is 262 g/mol. The van der Waals surface area contributed by atoms with Crippen LogP contribution in [0.2, 0.25) is 0 Å². The molecule has 0 radical (unpaired) electrons. The van der Waals surface area contributed by atoms with Crippen molar-refractivity contribution in [3.05, 3.63) is 0 Å². The van der Waals surface area contributed by atoms with Gasteiger partial charge < -0.3 is 0 Å². The highest BCUT2D eigenvalue weighted by Crippen LogP contribution is 2.21. The van der Waals surface area contributed by atoms with Crippen molar-refractivity contribution in [1.29, 1.82) is 5.26 Å². The Labute approximate surface area is 117 Å². The first-order valence-electron chi connectivity index (χ1n) is 6.77. The van der Waals surface area contributed by atoms with Gasteiger partial charge in [0.15, 0.2) is 0 Å². The molecule has 0 aliphatic carbocycles. The molecule has 6 heteroatoms. The van der Waals surface area contributed by atoms with E-state index >= 15 is 0 Å². The molecule has 0 aromatic carbocycles. The smallest absolute Gasteiger partial charge is 0.214 e. The van der Waals surface area contributed by atoms with Gasteiger partial charge >= 0.3 is 0 Å². The Balaban J connectivity index is 2.53. The van der Waals surface area contributed by atoms with Crippen molar-refractivity contribution in [2.45, 2.75) is 40.2 Å². The van der Waals surface area contributed by atoms with Crippen LogP contribution in [0.3, 0.4) is 0 Å². The summed E-state index contributed by atoms with van der Waals surface area (Å²) in [6, 6.07) is 2.05. The fraction of sp³-hybridized carbons (Fsp3) is 0.923. The summed E-state index contributed by atoms with van der Waals surface area (Å²) in [7, 11) is -3.15. The van der Waals surface area contributed by atoms with E-state index in [9.17, 15) is 8.42 Å². The van der Waals surface area contributed by atoms with Gasteiger partial charge in [-0.15, -0.1) is 0 Å². The van der Waals surface area contributed by atoms with Crippen molar-refractivity contribution in [2.24, 2.45) is 5.41 Å². The summed E-state index contributed by atoms with van der Waals surface area (Å²) in [5, 5.41) is 8.86. The number of hydrogen-bond acceptors (Lipinski definition) is 4. The first-order chi connectivity index (χ1) is 8.65. The third-order valence-electron chi connectivity index (χ3n) is 3.51. The molecule has 1 rings (SSSR count). The van der Waals surface area contributed by atoms with E-state index in [-0.39, 0.29) is 17.2 Å². The van der Waals surface area contributed by atoms with Gasteiger partial charge in [0.25, 0.3) is 0 Å². The Hall–Kier alpha value is -0.640. The van der Waals surface area contributed by atoms with E-state index < -0.39 is 10.0 Å². The van der Waals surface area contributed by atoms with Crippen LogP contribution in [0.25, 0.3) is 0 Å². The SMILES string of the molecule is CC(C#N)N1CCN(S(=O)(=O)CCC(C)(C)C)CC1. The first kappa shape index (κ1) is 16.4. The lowest BCUT2D eigenvalue weighted by Gasteiger charge is -2.35. The van der Waals surface area contributed by atoms with Crippen molar-refractivity contribution in [3.63, 3.8) is 0 Å². The highest BCUT2D eigenvalue weighted by atomic mass is 32.2. The van der Waals surface area contributed by atoms with Gasteiger partial charge in [0, 0.05) is 26.2 Å². The summed E-state index contributed by atoms with van der Waals surface area (Å²) in [5.41, 5.74) is 0.0320. The zero-order valence-corrected chi connectivity index (χ0v) is 13.2. The molecule has 19 heavy (non-hydrogen) atoms. The van der Waals surface area contributed by atoms with Crippen molar-refractivity contribution in [3.8, 4) is 6.07 Å². The molecule has 0 amide bonds. The molecule has 1 saturated heterocycles. The van der Waals surface area contributed by atoms with Gasteiger partial charge in [0.1, 0.15) is 0 Å². The van der Waals surface area contributed by atoms with Crippen LogP contribution in [-0.2, 0) is 10.0 Å². The standard InChI is InChI=1S/C13H25N3O2S/c1-12(11-14)15-6-8-16(9-7-15)19(17,18)10-5-13(2,3)4/h12H,5-10H2,1-4H3. The van der Waals surface area contributed by atoms with Crippen LogP contribution in [0.5, 0.6) is 0 Å². The summed E-state index contributed by atoms with van der Waals surface area (Å²) in [5.74, 6) is 0.213. The number of nitriles is 1. The topological polar surface area (TPSA) is 64.4 Å². The second-order valence-electron chi connectivity index (χ2n) is 6.37. The predicted molar refractivity (Wildman–Crippen MR) is 76.1 cm³/mol. The van der Waals surface area contributed by atoms with Crippen LogP contribution in [0.1, 0.15) is 34.1 Å². The summed E-state index contributed by atoms with van der Waals surface area (Å²) < 4.78 is 26.0. The van der Waals surface area contributed by atoms with E-state index in [1.165, 1.54) is 0 Å². The minimum absolute atomic E-state index is 0.0320. The fourth-order valence-electron chi connectivity index (χ4n) is 2.01. The Bertz CT molecular complexity index is 426. The van der Waals surface area contributed by atoms with Gasteiger partial charge in [-0.2, -0.15) is 9.57 Å². The van der Waals surface area contributed by atoms with E-state index in [0.717, 1.165) is 0 Å². The molecule has 1 atom stereocenters. The van der Waals surface area contributed by atoms with E-state index in [1.54, 1.807) is 4.31 Å². The van der Waals surface area contributed by atoms with Gasteiger partial charge in [-0.25, -0.2) is 8.42 Å². The van der Waals surface area contributed by atoms with Crippen molar-refractivity contribution >= 4 is 10.0 Å². The average molecular weight is 287 g/mol. The van der Waals surface area contributed by atoms with E-state index in [0.29, 0.717) is 32.6 Å². The van der Waals surface area contributed by atoms with E-state index in [4.69, 9.17) is 5.26 Å². The highest BCUT2D eigenvalue weighted by molar-refractivity contribution is 7.89. The fourth-order valence-corrected chi connectivity index (χ4v) is 3.86. The van der Waals surface area contributed by atoms with Crippen molar-refractivity contribution in [2.75, 3.05) is 31.9 Å². The van der Waals surface area contributed by atoms with Gasteiger partial charge in [-0.1, -0.05) is 20.8 Å². The molecule has 0 spiro atoms. The molecule has 110 valence electrons. The maximum absolute atomic E-state index is 12.2. The molecule has 1 heterocycles. The molecule has 1 aliphatic rings. The lowest BCUT2D eigenvalue weighted by Crippen LogP contribution is -2.51. The average Bonchev–Trinajstić information content (AvgIpc) is 2.35. The van der Waals surface area contributed by atoms with Crippen molar-refractivity contribution in [1.82, 2.24) is 9.21 Å². The van der Waals surface area contributed by atoms with Gasteiger partial charge in [0.2, 0.25) is 10.0 Å². The molecule has 1 fully saturated rings. The Morgan fingerprint density at radius 1 is 1.21 bits per heavy atom.